The molecule has 0 aromatic heterocycles. The van der Waals surface area contributed by atoms with E-state index in [0.717, 1.165) is 47.2 Å². The van der Waals surface area contributed by atoms with Crippen molar-refractivity contribution in [3.8, 4) is 11.1 Å². The molecule has 2 aliphatic heterocycles. The van der Waals surface area contributed by atoms with Gasteiger partial charge in [-0.2, -0.15) is 0 Å². The summed E-state index contributed by atoms with van der Waals surface area (Å²) in [5, 5.41) is 0.620. The van der Waals surface area contributed by atoms with E-state index in [0.29, 0.717) is 30.1 Å². The van der Waals surface area contributed by atoms with Crippen molar-refractivity contribution in [2.75, 3.05) is 19.6 Å². The number of benzene rings is 2. The number of carbonyl (C=O) groups excluding carboxylic acids is 2. The van der Waals surface area contributed by atoms with E-state index < -0.39 is 5.60 Å². The van der Waals surface area contributed by atoms with Gasteiger partial charge in [0.15, 0.2) is 0 Å². The van der Waals surface area contributed by atoms with Gasteiger partial charge in [0.2, 0.25) is 0 Å². The van der Waals surface area contributed by atoms with Crippen LogP contribution in [0.5, 0.6) is 0 Å². The first kappa shape index (κ1) is 22.8. The van der Waals surface area contributed by atoms with Gasteiger partial charge in [0.1, 0.15) is 11.4 Å². The van der Waals surface area contributed by atoms with Crippen LogP contribution >= 0.6 is 11.6 Å². The summed E-state index contributed by atoms with van der Waals surface area (Å²) in [6.07, 6.45) is 2.39. The van der Waals surface area contributed by atoms with Crippen molar-refractivity contribution < 1.29 is 14.3 Å². The van der Waals surface area contributed by atoms with Crippen LogP contribution < -0.4 is 0 Å². The lowest BCUT2D eigenvalue weighted by Gasteiger charge is -2.40. The van der Waals surface area contributed by atoms with Gasteiger partial charge in [-0.05, 0) is 81.0 Å². The van der Waals surface area contributed by atoms with Crippen LogP contribution in [0.25, 0.3) is 16.7 Å². The smallest absolute Gasteiger partial charge is 0.339 e. The molecule has 168 valence electrons. The second-order valence-corrected chi connectivity index (χ2v) is 9.53. The summed E-state index contributed by atoms with van der Waals surface area (Å²) >= 11 is 6.74. The number of Topliss-reactive ketones (excluding diaryl/α,β-unsaturated/α-hetero) is 1. The van der Waals surface area contributed by atoms with E-state index in [2.05, 4.69) is 43.0 Å². The van der Waals surface area contributed by atoms with Gasteiger partial charge in [0.05, 0.1) is 12.1 Å². The molecule has 1 unspecified atom stereocenters. The number of esters is 1. The number of piperidine rings is 1. The fraction of sp³-hybridized carbons (Fsp3) is 0.407. The molecular formula is C27H30ClNO3. The molecule has 32 heavy (non-hydrogen) atoms. The van der Waals surface area contributed by atoms with Crippen LogP contribution in [0, 0.1) is 13.8 Å². The van der Waals surface area contributed by atoms with Gasteiger partial charge < -0.3 is 4.74 Å². The van der Waals surface area contributed by atoms with Gasteiger partial charge in [-0.25, -0.2) is 4.79 Å². The molecule has 1 atom stereocenters. The number of ketones is 1. The number of rotatable bonds is 5. The molecule has 2 aliphatic rings. The highest BCUT2D eigenvalue weighted by Gasteiger charge is 2.49. The van der Waals surface area contributed by atoms with Crippen LogP contribution in [0.3, 0.4) is 0 Å². The number of aryl methyl sites for hydroxylation is 2. The molecule has 0 bridgehead atoms. The van der Waals surface area contributed by atoms with Gasteiger partial charge in [0, 0.05) is 17.1 Å². The van der Waals surface area contributed by atoms with Crippen molar-refractivity contribution in [1.29, 1.82) is 0 Å². The molecule has 5 heteroatoms. The molecule has 2 heterocycles. The summed E-state index contributed by atoms with van der Waals surface area (Å²) in [6, 6.07) is 12.2. The molecule has 0 amide bonds. The van der Waals surface area contributed by atoms with E-state index in [-0.39, 0.29) is 11.8 Å². The van der Waals surface area contributed by atoms with Gasteiger partial charge in [0.25, 0.3) is 0 Å². The van der Waals surface area contributed by atoms with Crippen molar-refractivity contribution in [3.05, 3.63) is 63.7 Å². The molecular weight excluding hydrogens is 422 g/mol. The zero-order valence-electron chi connectivity index (χ0n) is 19.3. The quantitative estimate of drug-likeness (QED) is 0.541. The highest BCUT2D eigenvalue weighted by atomic mass is 35.5. The first-order valence-electron chi connectivity index (χ1n) is 11.3. The van der Waals surface area contributed by atoms with Crippen molar-refractivity contribution in [2.24, 2.45) is 0 Å². The van der Waals surface area contributed by atoms with Crippen LogP contribution in [0.2, 0.25) is 5.02 Å². The highest BCUT2D eigenvalue weighted by Crippen LogP contribution is 2.46. The number of halogens is 1. The second-order valence-electron chi connectivity index (χ2n) is 9.12. The third-order valence-corrected chi connectivity index (χ3v) is 6.90. The van der Waals surface area contributed by atoms with Crippen molar-refractivity contribution in [3.63, 3.8) is 0 Å². The first-order chi connectivity index (χ1) is 15.2. The molecule has 1 fully saturated rings. The Labute approximate surface area is 195 Å². The molecule has 0 saturated carbocycles. The summed E-state index contributed by atoms with van der Waals surface area (Å²) in [5.74, 6) is -0.156. The maximum Gasteiger partial charge on any atom is 0.339 e. The Bertz CT molecular complexity index is 1120. The predicted octanol–water partition coefficient (Wildman–Crippen LogP) is 5.77. The van der Waals surface area contributed by atoms with Crippen LogP contribution in [0.4, 0.5) is 0 Å². The van der Waals surface area contributed by atoms with E-state index in [9.17, 15) is 9.59 Å². The molecule has 4 rings (SSSR count). The fourth-order valence-corrected chi connectivity index (χ4v) is 5.56. The van der Waals surface area contributed by atoms with Crippen LogP contribution in [-0.4, -0.2) is 41.9 Å². The van der Waals surface area contributed by atoms with E-state index in [4.69, 9.17) is 16.3 Å². The maximum atomic E-state index is 13.2. The molecule has 0 aliphatic carbocycles. The van der Waals surface area contributed by atoms with Crippen LogP contribution in [0.15, 0.2) is 42.0 Å². The van der Waals surface area contributed by atoms with E-state index in [1.54, 1.807) is 6.92 Å². The molecule has 0 N–H and O–H groups in total. The Balaban J connectivity index is 1.78. The highest BCUT2D eigenvalue weighted by molar-refractivity contribution is 6.34. The SMILES string of the molecule is CCC1=C(c2cc(Cl)c(-c3cccc(C)c3)cc2C)C(=O)OC12CCCN(CC(C)=O)C2. The molecule has 0 radical (unpaired) electrons. The number of ether oxygens (including phenoxy) is 1. The lowest BCUT2D eigenvalue weighted by Crippen LogP contribution is -2.50. The summed E-state index contributed by atoms with van der Waals surface area (Å²) in [6.45, 7) is 9.56. The normalized spacial score (nSPS) is 21.3. The van der Waals surface area contributed by atoms with Crippen LogP contribution in [-0.2, 0) is 14.3 Å². The van der Waals surface area contributed by atoms with Gasteiger partial charge >= 0.3 is 5.97 Å². The Morgan fingerprint density at radius 1 is 1.19 bits per heavy atom. The topological polar surface area (TPSA) is 46.6 Å². The van der Waals surface area contributed by atoms with Crippen molar-refractivity contribution in [2.45, 2.75) is 52.6 Å². The Morgan fingerprint density at radius 2 is 1.97 bits per heavy atom. The van der Waals surface area contributed by atoms with E-state index in [1.807, 2.05) is 19.1 Å². The summed E-state index contributed by atoms with van der Waals surface area (Å²) in [7, 11) is 0. The minimum Gasteiger partial charge on any atom is -0.449 e. The van der Waals surface area contributed by atoms with E-state index >= 15 is 0 Å². The predicted molar refractivity (Wildman–Crippen MR) is 129 cm³/mol. The molecule has 2 aromatic carbocycles. The average molecular weight is 452 g/mol. The summed E-state index contributed by atoms with van der Waals surface area (Å²) in [5.41, 5.74) is 6.05. The third-order valence-electron chi connectivity index (χ3n) is 6.59. The number of hydrogen-bond acceptors (Lipinski definition) is 4. The summed E-state index contributed by atoms with van der Waals surface area (Å²) < 4.78 is 6.09. The van der Waals surface area contributed by atoms with Gasteiger partial charge in [-0.3, -0.25) is 9.69 Å². The maximum absolute atomic E-state index is 13.2. The lowest BCUT2D eigenvalue weighted by molar-refractivity contribution is -0.149. The minimum absolute atomic E-state index is 0.128. The minimum atomic E-state index is -0.650. The fourth-order valence-electron chi connectivity index (χ4n) is 5.28. The third kappa shape index (κ3) is 4.14. The first-order valence-corrected chi connectivity index (χ1v) is 11.7. The van der Waals surface area contributed by atoms with Crippen molar-refractivity contribution >= 4 is 28.9 Å². The molecule has 1 spiro atoms. The lowest BCUT2D eigenvalue weighted by atomic mass is 9.81. The van der Waals surface area contributed by atoms with Gasteiger partial charge in [-0.1, -0.05) is 48.4 Å². The zero-order chi connectivity index (χ0) is 23.0. The molecule has 1 saturated heterocycles. The average Bonchev–Trinajstić information content (AvgIpc) is 2.98. The number of hydrogen-bond donors (Lipinski definition) is 0. The zero-order valence-corrected chi connectivity index (χ0v) is 20.0. The number of carbonyl (C=O) groups is 2. The Morgan fingerprint density at radius 3 is 2.66 bits per heavy atom. The molecule has 4 nitrogen and oxygen atoms in total. The van der Waals surface area contributed by atoms with Crippen molar-refractivity contribution in [1.82, 2.24) is 4.90 Å². The number of likely N-dealkylation sites (tertiary alicyclic amines) is 1. The monoisotopic (exact) mass is 451 g/mol. The van der Waals surface area contributed by atoms with E-state index in [1.165, 1.54) is 5.56 Å². The largest absolute Gasteiger partial charge is 0.449 e. The number of nitrogens with zero attached hydrogens (tertiary/aromatic N) is 1. The Hall–Kier alpha value is -2.43. The summed E-state index contributed by atoms with van der Waals surface area (Å²) in [4.78, 5) is 27.0. The standard InChI is InChI=1S/C27H30ClNO3/c1-5-23-25(26(31)32-27(23)10-7-11-29(16-27)15-19(4)30)21-14-24(28)22(13-18(21)3)20-9-6-8-17(2)12-20/h6,8-9,12-14H,5,7,10-11,15-16H2,1-4H3. The van der Waals surface area contributed by atoms with Gasteiger partial charge in [-0.15, -0.1) is 0 Å². The second kappa shape index (κ2) is 8.84. The Kier molecular flexibility index (Phi) is 6.28. The molecule has 2 aromatic rings. The van der Waals surface area contributed by atoms with Crippen LogP contribution in [0.1, 0.15) is 49.8 Å².